The molecule has 0 saturated heterocycles. The molecule has 0 heterocycles. The predicted molar refractivity (Wildman–Crippen MR) is 50.0 cm³/mol. The van der Waals surface area contributed by atoms with Crippen molar-refractivity contribution in [3.63, 3.8) is 0 Å². The molecule has 0 aromatic rings. The smallest absolute Gasteiger partial charge is 0.475 e. The molecule has 1 fully saturated rings. The second-order valence-electron chi connectivity index (χ2n) is 3.72. The van der Waals surface area contributed by atoms with E-state index in [-0.39, 0.29) is 12.8 Å². The lowest BCUT2D eigenvalue weighted by Crippen LogP contribution is -2.34. The summed E-state index contributed by atoms with van der Waals surface area (Å²) in [6.07, 6.45) is -3.75. The van der Waals surface area contributed by atoms with E-state index in [9.17, 15) is 22.0 Å². The van der Waals surface area contributed by atoms with Crippen LogP contribution in [0.25, 0.3) is 0 Å². The van der Waals surface area contributed by atoms with Crippen LogP contribution in [0.15, 0.2) is 0 Å². The maximum atomic E-state index is 12.5. The molecule has 1 aliphatic carbocycles. The van der Waals surface area contributed by atoms with Crippen molar-refractivity contribution < 1.29 is 31.9 Å². The zero-order valence-electron chi connectivity index (χ0n) is 9.15. The molecule has 0 spiro atoms. The van der Waals surface area contributed by atoms with Gasteiger partial charge >= 0.3 is 12.1 Å². The summed E-state index contributed by atoms with van der Waals surface area (Å²) in [5.41, 5.74) is 0. The average Bonchev–Trinajstić information content (AvgIpc) is 2.17. The first-order valence-electron chi connectivity index (χ1n) is 4.93. The van der Waals surface area contributed by atoms with Gasteiger partial charge in [-0.05, 0) is 19.9 Å². The Labute approximate surface area is 95.0 Å². The minimum absolute atomic E-state index is 0.0541. The Kier molecular flexibility index (Phi) is 5.80. The molecule has 2 N–H and O–H groups in total. The van der Waals surface area contributed by atoms with Crippen molar-refractivity contribution in [1.82, 2.24) is 5.32 Å². The topological polar surface area (TPSA) is 49.3 Å². The van der Waals surface area contributed by atoms with Gasteiger partial charge in [-0.1, -0.05) is 0 Å². The van der Waals surface area contributed by atoms with Gasteiger partial charge in [-0.2, -0.15) is 13.2 Å². The van der Waals surface area contributed by atoms with Gasteiger partial charge in [0.1, 0.15) is 0 Å². The van der Waals surface area contributed by atoms with Gasteiger partial charge in [-0.15, -0.1) is 0 Å². The van der Waals surface area contributed by atoms with Gasteiger partial charge in [0.15, 0.2) is 0 Å². The summed E-state index contributed by atoms with van der Waals surface area (Å²) in [5, 5.41) is 10.1. The second-order valence-corrected chi connectivity index (χ2v) is 3.72. The van der Waals surface area contributed by atoms with Crippen LogP contribution in [-0.4, -0.2) is 36.3 Å². The Morgan fingerprint density at radius 3 is 1.88 bits per heavy atom. The number of nitrogens with one attached hydrogen (secondary N) is 1. The molecule has 0 unspecified atom stereocenters. The molecule has 1 aliphatic rings. The van der Waals surface area contributed by atoms with Crippen molar-refractivity contribution in [2.45, 2.75) is 43.8 Å². The van der Waals surface area contributed by atoms with Crippen molar-refractivity contribution in [2.75, 3.05) is 7.05 Å². The fourth-order valence-electron chi connectivity index (χ4n) is 1.33. The molecule has 102 valence electrons. The molecule has 0 atom stereocenters. The first-order valence-corrected chi connectivity index (χ1v) is 4.93. The van der Waals surface area contributed by atoms with Crippen LogP contribution < -0.4 is 5.32 Å². The molecule has 1 saturated carbocycles. The van der Waals surface area contributed by atoms with Crippen LogP contribution in [0.4, 0.5) is 22.0 Å². The minimum Gasteiger partial charge on any atom is -0.475 e. The predicted octanol–water partition coefficient (Wildman–Crippen LogP) is 2.42. The zero-order valence-corrected chi connectivity index (χ0v) is 9.15. The number of halogens is 5. The van der Waals surface area contributed by atoms with Crippen LogP contribution in [0.5, 0.6) is 0 Å². The molecule has 17 heavy (non-hydrogen) atoms. The van der Waals surface area contributed by atoms with Gasteiger partial charge in [0.2, 0.25) is 5.92 Å². The van der Waals surface area contributed by atoms with Crippen LogP contribution in [0.1, 0.15) is 25.7 Å². The first-order chi connectivity index (χ1) is 7.58. The van der Waals surface area contributed by atoms with Crippen LogP contribution in [0, 0.1) is 0 Å². The van der Waals surface area contributed by atoms with Crippen LogP contribution in [-0.2, 0) is 4.79 Å². The number of carboxylic acid groups (broad SMARTS) is 1. The van der Waals surface area contributed by atoms with E-state index in [4.69, 9.17) is 9.90 Å². The fourth-order valence-corrected chi connectivity index (χ4v) is 1.33. The van der Waals surface area contributed by atoms with E-state index in [1.54, 1.807) is 0 Å². The first kappa shape index (κ1) is 16.1. The van der Waals surface area contributed by atoms with E-state index in [0.29, 0.717) is 18.9 Å². The number of aliphatic carboxylic acids is 1. The maximum Gasteiger partial charge on any atom is 0.490 e. The summed E-state index contributed by atoms with van der Waals surface area (Å²) in [5.74, 6) is -5.14. The highest BCUT2D eigenvalue weighted by Gasteiger charge is 2.38. The molecular weight excluding hydrogens is 249 g/mol. The van der Waals surface area contributed by atoms with E-state index in [1.165, 1.54) is 0 Å². The number of rotatable bonds is 1. The fraction of sp³-hybridized carbons (Fsp3) is 0.889. The van der Waals surface area contributed by atoms with Gasteiger partial charge in [-0.25, -0.2) is 13.6 Å². The Hall–Kier alpha value is -0.920. The van der Waals surface area contributed by atoms with Crippen molar-refractivity contribution in [2.24, 2.45) is 0 Å². The van der Waals surface area contributed by atoms with E-state index in [2.05, 4.69) is 5.32 Å². The second kappa shape index (κ2) is 6.13. The van der Waals surface area contributed by atoms with Crippen LogP contribution in [0.3, 0.4) is 0 Å². The Morgan fingerprint density at radius 2 is 1.65 bits per heavy atom. The molecule has 0 amide bonds. The molecule has 1 rings (SSSR count). The number of hydrogen-bond donors (Lipinski definition) is 2. The molecule has 8 heteroatoms. The number of alkyl halides is 5. The monoisotopic (exact) mass is 263 g/mol. The lowest BCUT2D eigenvalue weighted by atomic mass is 9.92. The Balaban J connectivity index is 0.000000325. The third kappa shape index (κ3) is 7.09. The summed E-state index contributed by atoms with van der Waals surface area (Å²) in [4.78, 5) is 8.90. The van der Waals surface area contributed by atoms with Crippen LogP contribution in [0.2, 0.25) is 0 Å². The summed E-state index contributed by atoms with van der Waals surface area (Å²) in [7, 11) is 1.83. The lowest BCUT2D eigenvalue weighted by Gasteiger charge is -2.27. The summed E-state index contributed by atoms with van der Waals surface area (Å²) in [6.45, 7) is 0. The molecule has 0 aromatic carbocycles. The number of carboxylic acids is 1. The standard InChI is InChI=1S/C7H13F2N.C2HF3O2/c1-10-6-2-4-7(8,9)5-3-6;3-2(4,5)1(6)7/h6,10H,2-5H2,1H3;(H,6,7). The molecule has 0 aliphatic heterocycles. The summed E-state index contributed by atoms with van der Waals surface area (Å²) in [6, 6.07) is 0.319. The van der Waals surface area contributed by atoms with Crippen LogP contribution >= 0.6 is 0 Å². The molecule has 3 nitrogen and oxygen atoms in total. The van der Waals surface area contributed by atoms with E-state index >= 15 is 0 Å². The molecular formula is C9H14F5NO2. The molecule has 0 bridgehead atoms. The van der Waals surface area contributed by atoms with Crippen molar-refractivity contribution in [3.05, 3.63) is 0 Å². The summed E-state index contributed by atoms with van der Waals surface area (Å²) < 4.78 is 56.7. The van der Waals surface area contributed by atoms with Crippen molar-refractivity contribution >= 4 is 5.97 Å². The maximum absolute atomic E-state index is 12.5. The highest BCUT2D eigenvalue weighted by atomic mass is 19.4. The number of carbonyl (C=O) groups is 1. The van der Waals surface area contributed by atoms with Gasteiger partial charge in [0.05, 0.1) is 0 Å². The average molecular weight is 263 g/mol. The van der Waals surface area contributed by atoms with Crippen molar-refractivity contribution in [1.29, 1.82) is 0 Å². The SMILES string of the molecule is CNC1CCC(F)(F)CC1.O=C(O)C(F)(F)F. The lowest BCUT2D eigenvalue weighted by molar-refractivity contribution is -0.192. The van der Waals surface area contributed by atoms with E-state index < -0.39 is 18.1 Å². The largest absolute Gasteiger partial charge is 0.490 e. The highest BCUT2D eigenvalue weighted by molar-refractivity contribution is 5.73. The van der Waals surface area contributed by atoms with Crippen molar-refractivity contribution in [3.8, 4) is 0 Å². The van der Waals surface area contributed by atoms with E-state index in [1.807, 2.05) is 7.05 Å². The Morgan fingerprint density at radius 1 is 1.29 bits per heavy atom. The van der Waals surface area contributed by atoms with E-state index in [0.717, 1.165) is 0 Å². The highest BCUT2D eigenvalue weighted by Crippen LogP contribution is 2.32. The summed E-state index contributed by atoms with van der Waals surface area (Å²) >= 11 is 0. The third-order valence-electron chi connectivity index (χ3n) is 2.37. The Bertz CT molecular complexity index is 244. The van der Waals surface area contributed by atoms with Gasteiger partial charge in [-0.3, -0.25) is 0 Å². The molecule has 0 aromatic heterocycles. The normalized spacial score (nSPS) is 20.4. The van der Waals surface area contributed by atoms with Gasteiger partial charge < -0.3 is 10.4 Å². The zero-order chi connectivity index (χ0) is 13.7. The molecule has 0 radical (unpaired) electrons. The minimum atomic E-state index is -5.08. The van der Waals surface area contributed by atoms with Gasteiger partial charge in [0, 0.05) is 18.9 Å². The van der Waals surface area contributed by atoms with Gasteiger partial charge in [0.25, 0.3) is 0 Å². The number of hydrogen-bond acceptors (Lipinski definition) is 2. The quantitative estimate of drug-likeness (QED) is 0.714. The third-order valence-corrected chi connectivity index (χ3v) is 2.37.